The first kappa shape index (κ1) is 23.9. The zero-order valence-electron chi connectivity index (χ0n) is 20.1. The molecule has 8 heteroatoms. The third-order valence-electron chi connectivity index (χ3n) is 6.88. The highest BCUT2D eigenvalue weighted by molar-refractivity contribution is 8.00. The molecule has 184 valence electrons. The van der Waals surface area contributed by atoms with Gasteiger partial charge in [0.25, 0.3) is 5.56 Å². The van der Waals surface area contributed by atoms with E-state index in [1.165, 1.54) is 18.2 Å². The number of para-hydroxylation sites is 1. The van der Waals surface area contributed by atoms with Gasteiger partial charge < -0.3 is 15.0 Å². The molecule has 0 radical (unpaired) electrons. The van der Waals surface area contributed by atoms with E-state index in [2.05, 4.69) is 10.2 Å². The third kappa shape index (κ3) is 5.38. The van der Waals surface area contributed by atoms with Crippen LogP contribution in [0, 0.1) is 0 Å². The first-order chi connectivity index (χ1) is 17.1. The Morgan fingerprint density at radius 3 is 2.51 bits per heavy atom. The van der Waals surface area contributed by atoms with Crippen molar-refractivity contribution in [2.24, 2.45) is 0 Å². The van der Waals surface area contributed by atoms with Crippen LogP contribution in [0.3, 0.4) is 0 Å². The summed E-state index contributed by atoms with van der Waals surface area (Å²) >= 11 is 1.36. The number of benzene rings is 2. The highest BCUT2D eigenvalue weighted by Gasteiger charge is 2.25. The highest BCUT2D eigenvalue weighted by Crippen LogP contribution is 2.32. The number of rotatable bonds is 6. The van der Waals surface area contributed by atoms with Crippen molar-refractivity contribution in [2.45, 2.75) is 55.5 Å². The van der Waals surface area contributed by atoms with Crippen molar-refractivity contribution in [3.63, 3.8) is 0 Å². The molecule has 1 saturated carbocycles. The predicted molar refractivity (Wildman–Crippen MR) is 142 cm³/mol. The van der Waals surface area contributed by atoms with E-state index >= 15 is 0 Å². The summed E-state index contributed by atoms with van der Waals surface area (Å²) in [5, 5.41) is 3.89. The van der Waals surface area contributed by atoms with Gasteiger partial charge in [0.2, 0.25) is 5.91 Å². The summed E-state index contributed by atoms with van der Waals surface area (Å²) in [6, 6.07) is 15.6. The van der Waals surface area contributed by atoms with E-state index in [9.17, 15) is 9.59 Å². The van der Waals surface area contributed by atoms with Crippen molar-refractivity contribution < 1.29 is 9.53 Å². The number of nitrogens with zero attached hydrogens (tertiary/aromatic N) is 3. The molecule has 5 rings (SSSR count). The van der Waals surface area contributed by atoms with E-state index in [-0.39, 0.29) is 17.5 Å². The Balaban J connectivity index is 1.33. The molecule has 2 aliphatic rings. The Morgan fingerprint density at radius 2 is 1.77 bits per heavy atom. The Morgan fingerprint density at radius 1 is 1.06 bits per heavy atom. The van der Waals surface area contributed by atoms with Crippen LogP contribution in [-0.4, -0.2) is 47.0 Å². The van der Waals surface area contributed by atoms with Gasteiger partial charge in [0.15, 0.2) is 5.16 Å². The van der Waals surface area contributed by atoms with E-state index in [1.807, 2.05) is 60.0 Å². The molecule has 0 bridgehead atoms. The average molecular weight is 493 g/mol. The summed E-state index contributed by atoms with van der Waals surface area (Å²) in [6.45, 7) is 5.10. The molecule has 1 unspecified atom stereocenters. The first-order valence-electron chi connectivity index (χ1n) is 12.5. The minimum atomic E-state index is -0.406. The fourth-order valence-corrected chi connectivity index (χ4v) is 5.88. The molecule has 1 amide bonds. The van der Waals surface area contributed by atoms with Crippen LogP contribution in [0.15, 0.2) is 58.5 Å². The maximum Gasteiger partial charge on any atom is 0.262 e. The fraction of sp³-hybridized carbons (Fsp3) is 0.444. The first-order valence-corrected chi connectivity index (χ1v) is 13.4. The quantitative estimate of drug-likeness (QED) is 0.391. The van der Waals surface area contributed by atoms with Crippen LogP contribution in [0.25, 0.3) is 10.9 Å². The molecule has 2 heterocycles. The zero-order valence-corrected chi connectivity index (χ0v) is 20.9. The maximum absolute atomic E-state index is 13.5. The van der Waals surface area contributed by atoms with Crippen LogP contribution < -0.4 is 15.8 Å². The van der Waals surface area contributed by atoms with Gasteiger partial charge in [-0.3, -0.25) is 14.2 Å². The summed E-state index contributed by atoms with van der Waals surface area (Å²) < 4.78 is 7.28. The normalized spacial score (nSPS) is 17.9. The van der Waals surface area contributed by atoms with E-state index < -0.39 is 5.25 Å². The lowest BCUT2D eigenvalue weighted by Crippen LogP contribution is -2.36. The molecular weight excluding hydrogens is 460 g/mol. The summed E-state index contributed by atoms with van der Waals surface area (Å²) in [5.74, 6) is -0.105. The van der Waals surface area contributed by atoms with Crippen LogP contribution in [0.1, 0.15) is 45.1 Å². The van der Waals surface area contributed by atoms with Gasteiger partial charge in [-0.2, -0.15) is 0 Å². The van der Waals surface area contributed by atoms with Crippen LogP contribution in [0.5, 0.6) is 0 Å². The average Bonchev–Trinajstić information content (AvgIpc) is 2.90. The van der Waals surface area contributed by atoms with Gasteiger partial charge in [0.1, 0.15) is 0 Å². The number of aromatic nitrogens is 2. The Hall–Kier alpha value is -2.84. The smallest absolute Gasteiger partial charge is 0.262 e. The molecule has 1 N–H and O–H groups in total. The zero-order chi connectivity index (χ0) is 24.2. The lowest BCUT2D eigenvalue weighted by atomic mass is 9.95. The number of hydrogen-bond acceptors (Lipinski definition) is 6. The molecule has 1 aliphatic carbocycles. The highest BCUT2D eigenvalue weighted by atomic mass is 32.2. The second-order valence-electron chi connectivity index (χ2n) is 9.27. The molecule has 1 saturated heterocycles. The number of anilines is 2. The number of nitrogens with one attached hydrogen (secondary N) is 1. The van der Waals surface area contributed by atoms with E-state index in [0.717, 1.165) is 63.4 Å². The minimum absolute atomic E-state index is 0.00342. The number of thioether (sulfide) groups is 1. The van der Waals surface area contributed by atoms with E-state index in [0.29, 0.717) is 16.1 Å². The molecule has 35 heavy (non-hydrogen) atoms. The molecule has 0 spiro atoms. The molecule has 1 atom stereocenters. The lowest BCUT2D eigenvalue weighted by Gasteiger charge is -2.29. The number of morpholine rings is 1. The van der Waals surface area contributed by atoms with Crippen molar-refractivity contribution in [3.8, 4) is 0 Å². The van der Waals surface area contributed by atoms with Gasteiger partial charge in [-0.15, -0.1) is 0 Å². The molecule has 2 fully saturated rings. The van der Waals surface area contributed by atoms with Crippen LogP contribution >= 0.6 is 11.8 Å². The third-order valence-corrected chi connectivity index (χ3v) is 7.94. The maximum atomic E-state index is 13.5. The topological polar surface area (TPSA) is 76.5 Å². The van der Waals surface area contributed by atoms with Crippen LogP contribution in [0.2, 0.25) is 0 Å². The van der Waals surface area contributed by atoms with E-state index in [4.69, 9.17) is 9.72 Å². The van der Waals surface area contributed by atoms with Gasteiger partial charge >= 0.3 is 0 Å². The SMILES string of the molecule is CC(Sc1nc2ccccc2c(=O)n1C1CCCCC1)C(=O)Nc1ccc(N2CCOCC2)cc1. The van der Waals surface area contributed by atoms with Crippen LogP contribution in [-0.2, 0) is 9.53 Å². The number of hydrogen-bond donors (Lipinski definition) is 1. The van der Waals surface area contributed by atoms with Gasteiger partial charge in [-0.05, 0) is 56.2 Å². The summed E-state index contributed by atoms with van der Waals surface area (Å²) in [6.07, 6.45) is 5.39. The standard InChI is InChI=1S/C27H32N4O3S/c1-19(25(32)28-20-11-13-21(14-12-20)30-15-17-34-18-16-30)35-27-29-24-10-6-5-9-23(24)26(33)31(27)22-7-3-2-4-8-22/h5-6,9-14,19,22H,2-4,7-8,15-18H2,1H3,(H,28,32). The lowest BCUT2D eigenvalue weighted by molar-refractivity contribution is -0.115. The van der Waals surface area contributed by atoms with Crippen molar-refractivity contribution in [1.82, 2.24) is 9.55 Å². The largest absolute Gasteiger partial charge is 0.378 e. The number of amides is 1. The van der Waals surface area contributed by atoms with Crippen molar-refractivity contribution >= 4 is 39.9 Å². The molecule has 1 aromatic heterocycles. The summed E-state index contributed by atoms with van der Waals surface area (Å²) in [4.78, 5) is 33.6. The Labute approximate surface area is 209 Å². The van der Waals surface area contributed by atoms with Gasteiger partial charge in [0, 0.05) is 30.5 Å². The number of carbonyl (C=O) groups excluding carboxylic acids is 1. The molecule has 7 nitrogen and oxygen atoms in total. The van der Waals surface area contributed by atoms with Gasteiger partial charge in [-0.1, -0.05) is 43.2 Å². The second kappa shape index (κ2) is 10.8. The fourth-order valence-electron chi connectivity index (χ4n) is 4.90. The van der Waals surface area contributed by atoms with Gasteiger partial charge in [0.05, 0.1) is 29.4 Å². The number of fused-ring (bicyclic) bond motifs is 1. The molecule has 3 aromatic rings. The predicted octanol–water partition coefficient (Wildman–Crippen LogP) is 4.86. The van der Waals surface area contributed by atoms with Crippen LogP contribution in [0.4, 0.5) is 11.4 Å². The number of carbonyl (C=O) groups is 1. The van der Waals surface area contributed by atoms with E-state index in [1.54, 1.807) is 0 Å². The minimum Gasteiger partial charge on any atom is -0.378 e. The van der Waals surface area contributed by atoms with Crippen molar-refractivity contribution in [1.29, 1.82) is 0 Å². The summed E-state index contributed by atoms with van der Waals surface area (Å²) in [7, 11) is 0. The Bertz CT molecular complexity index is 1230. The summed E-state index contributed by atoms with van der Waals surface area (Å²) in [5.41, 5.74) is 2.57. The molecule has 1 aliphatic heterocycles. The van der Waals surface area contributed by atoms with Gasteiger partial charge in [-0.25, -0.2) is 4.98 Å². The molecular formula is C27H32N4O3S. The monoisotopic (exact) mass is 492 g/mol. The second-order valence-corrected chi connectivity index (χ2v) is 10.6. The Kier molecular flexibility index (Phi) is 7.39. The molecule has 2 aromatic carbocycles. The van der Waals surface area contributed by atoms with Crippen molar-refractivity contribution in [3.05, 3.63) is 58.9 Å². The van der Waals surface area contributed by atoms with Crippen molar-refractivity contribution in [2.75, 3.05) is 36.5 Å². The number of ether oxygens (including phenoxy) is 1.